The molecule has 27 heavy (non-hydrogen) atoms. The highest BCUT2D eigenvalue weighted by Gasteiger charge is 2.28. The van der Waals surface area contributed by atoms with Crippen LogP contribution in [0.1, 0.15) is 65.2 Å². The molecule has 2 saturated carbocycles. The lowest BCUT2D eigenvalue weighted by Gasteiger charge is -2.34. The second-order valence-electron chi connectivity index (χ2n) is 8.26. The number of guanidine groups is 1. The van der Waals surface area contributed by atoms with Gasteiger partial charge in [-0.3, -0.25) is 9.00 Å². The van der Waals surface area contributed by atoms with E-state index in [4.69, 9.17) is 0 Å². The number of nitrogens with zero attached hydrogens (tertiary/aromatic N) is 2. The molecular weight excluding hydrogens is 360 g/mol. The zero-order valence-electron chi connectivity index (χ0n) is 17.5. The van der Waals surface area contributed by atoms with Crippen LogP contribution in [0.5, 0.6) is 0 Å². The van der Waals surface area contributed by atoms with Crippen LogP contribution >= 0.6 is 0 Å². The molecule has 2 aliphatic carbocycles. The van der Waals surface area contributed by atoms with Gasteiger partial charge in [0.25, 0.3) is 0 Å². The number of rotatable bonds is 6. The number of hydrogen-bond donors (Lipinski definition) is 2. The lowest BCUT2D eigenvalue weighted by Crippen LogP contribution is -2.51. The first kappa shape index (κ1) is 22.2. The molecule has 0 aromatic rings. The molecule has 0 spiro atoms. The quantitative estimate of drug-likeness (QED) is 0.532. The maximum absolute atomic E-state index is 12.2. The van der Waals surface area contributed by atoms with E-state index in [-0.39, 0.29) is 23.7 Å². The number of aliphatic imine (C=N–C) groups is 1. The second kappa shape index (κ2) is 11.0. The van der Waals surface area contributed by atoms with Crippen molar-refractivity contribution in [3.05, 3.63) is 0 Å². The Morgan fingerprint density at radius 3 is 2.52 bits per heavy atom. The van der Waals surface area contributed by atoms with Crippen LogP contribution in [0.4, 0.5) is 0 Å². The fourth-order valence-electron chi connectivity index (χ4n) is 4.07. The van der Waals surface area contributed by atoms with E-state index >= 15 is 0 Å². The molecule has 5 unspecified atom stereocenters. The van der Waals surface area contributed by atoms with Crippen LogP contribution in [0, 0.1) is 5.92 Å². The summed E-state index contributed by atoms with van der Waals surface area (Å²) < 4.78 is 12.2. The highest BCUT2D eigenvalue weighted by Crippen LogP contribution is 2.25. The summed E-state index contributed by atoms with van der Waals surface area (Å²) in [6.45, 7) is 4.44. The summed E-state index contributed by atoms with van der Waals surface area (Å²) in [7, 11) is 2.78. The van der Waals surface area contributed by atoms with Gasteiger partial charge in [-0.15, -0.1) is 0 Å². The van der Waals surface area contributed by atoms with Gasteiger partial charge in [-0.2, -0.15) is 0 Å². The Hall–Kier alpha value is -1.11. The van der Waals surface area contributed by atoms with Crippen molar-refractivity contribution in [3.8, 4) is 0 Å². The third-order valence-corrected chi connectivity index (χ3v) is 7.67. The summed E-state index contributed by atoms with van der Waals surface area (Å²) in [5.74, 6) is 2.09. The Bertz CT molecular complexity index is 538. The molecule has 0 radical (unpaired) electrons. The first-order valence-corrected chi connectivity index (χ1v) is 11.9. The molecule has 0 aromatic carbocycles. The average Bonchev–Trinajstić information content (AvgIpc) is 2.67. The van der Waals surface area contributed by atoms with E-state index in [0.29, 0.717) is 12.0 Å². The van der Waals surface area contributed by atoms with Crippen molar-refractivity contribution >= 4 is 22.7 Å². The number of carbonyl (C=O) groups excluding carboxylic acids is 1. The molecule has 156 valence electrons. The van der Waals surface area contributed by atoms with Crippen LogP contribution in [-0.2, 0) is 15.6 Å². The van der Waals surface area contributed by atoms with Crippen molar-refractivity contribution in [1.29, 1.82) is 0 Å². The molecule has 0 saturated heterocycles. The molecule has 6 nitrogen and oxygen atoms in total. The number of carbonyl (C=O) groups is 1. The van der Waals surface area contributed by atoms with Gasteiger partial charge in [-0.25, -0.2) is 4.99 Å². The van der Waals surface area contributed by atoms with Gasteiger partial charge in [0.1, 0.15) is 6.54 Å². The van der Waals surface area contributed by atoms with Gasteiger partial charge in [-0.1, -0.05) is 33.1 Å². The van der Waals surface area contributed by atoms with Crippen LogP contribution in [0.25, 0.3) is 0 Å². The number of nitrogens with one attached hydrogen (secondary N) is 2. The average molecular weight is 399 g/mol. The molecule has 1 amide bonds. The normalized spacial score (nSPS) is 30.4. The lowest BCUT2D eigenvalue weighted by atomic mass is 9.86. The van der Waals surface area contributed by atoms with Gasteiger partial charge in [-0.05, 0) is 38.0 Å². The van der Waals surface area contributed by atoms with Crippen LogP contribution in [0.15, 0.2) is 4.99 Å². The Morgan fingerprint density at radius 2 is 1.85 bits per heavy atom. The highest BCUT2D eigenvalue weighted by molar-refractivity contribution is 7.85. The molecule has 2 rings (SSSR count). The fourth-order valence-corrected chi connectivity index (χ4v) is 5.42. The van der Waals surface area contributed by atoms with Gasteiger partial charge in [0.2, 0.25) is 5.91 Å². The van der Waals surface area contributed by atoms with Gasteiger partial charge in [0.15, 0.2) is 5.96 Å². The topological polar surface area (TPSA) is 73.8 Å². The smallest absolute Gasteiger partial charge is 0.243 e. The van der Waals surface area contributed by atoms with Gasteiger partial charge in [0.05, 0.1) is 0 Å². The standard InChI is InChI=1S/C20H38N4O2S/c1-5-27(26)17-11-8-10-16(13-17)22-20(21-14-19(25)24(3)4)23-18-12-7-6-9-15(18)2/h15-18H,5-14H2,1-4H3,(H2,21,22,23). The van der Waals surface area contributed by atoms with E-state index in [1.54, 1.807) is 19.0 Å². The number of amides is 1. The molecular formula is C20H38N4O2S. The van der Waals surface area contributed by atoms with Gasteiger partial charge in [0, 0.05) is 48.0 Å². The predicted molar refractivity (Wildman–Crippen MR) is 113 cm³/mol. The van der Waals surface area contributed by atoms with Crippen molar-refractivity contribution in [2.24, 2.45) is 10.9 Å². The summed E-state index contributed by atoms with van der Waals surface area (Å²) in [5.41, 5.74) is 0. The molecule has 0 aliphatic heterocycles. The van der Waals surface area contributed by atoms with E-state index in [0.717, 1.165) is 43.8 Å². The van der Waals surface area contributed by atoms with Crippen molar-refractivity contribution in [2.45, 2.75) is 82.5 Å². The molecule has 7 heteroatoms. The summed E-state index contributed by atoms with van der Waals surface area (Å²) in [4.78, 5) is 18.2. The summed E-state index contributed by atoms with van der Waals surface area (Å²) >= 11 is 0. The maximum Gasteiger partial charge on any atom is 0.243 e. The van der Waals surface area contributed by atoms with Crippen molar-refractivity contribution in [3.63, 3.8) is 0 Å². The second-order valence-corrected chi connectivity index (χ2v) is 10.3. The van der Waals surface area contributed by atoms with E-state index in [1.807, 2.05) is 6.92 Å². The van der Waals surface area contributed by atoms with E-state index in [2.05, 4.69) is 22.5 Å². The zero-order valence-corrected chi connectivity index (χ0v) is 18.3. The Morgan fingerprint density at radius 1 is 1.11 bits per heavy atom. The minimum atomic E-state index is -0.739. The molecule has 2 aliphatic rings. The van der Waals surface area contributed by atoms with E-state index in [9.17, 15) is 9.00 Å². The minimum absolute atomic E-state index is 0.00130. The van der Waals surface area contributed by atoms with Crippen LogP contribution < -0.4 is 10.6 Å². The fraction of sp³-hybridized carbons (Fsp3) is 0.900. The van der Waals surface area contributed by atoms with Gasteiger partial charge >= 0.3 is 0 Å². The maximum atomic E-state index is 12.2. The Labute approximate surface area is 167 Å². The summed E-state index contributed by atoms with van der Waals surface area (Å²) in [6.07, 6.45) is 9.07. The van der Waals surface area contributed by atoms with E-state index < -0.39 is 10.8 Å². The summed E-state index contributed by atoms with van der Waals surface area (Å²) in [6, 6.07) is 0.683. The van der Waals surface area contributed by atoms with Crippen LogP contribution in [-0.4, -0.2) is 64.7 Å². The number of likely N-dealkylation sites (N-methyl/N-ethyl adjacent to an activating group) is 1. The monoisotopic (exact) mass is 398 g/mol. The number of hydrogen-bond acceptors (Lipinski definition) is 3. The van der Waals surface area contributed by atoms with Crippen molar-refractivity contribution in [2.75, 3.05) is 26.4 Å². The molecule has 0 aromatic heterocycles. The first-order valence-electron chi connectivity index (χ1n) is 10.6. The Balaban J connectivity index is 2.03. The third kappa shape index (κ3) is 7.09. The molecule has 2 N–H and O–H groups in total. The first-order chi connectivity index (χ1) is 12.9. The molecule has 0 heterocycles. The predicted octanol–water partition coefficient (Wildman–Crippen LogP) is 2.27. The lowest BCUT2D eigenvalue weighted by molar-refractivity contribution is -0.127. The van der Waals surface area contributed by atoms with Crippen LogP contribution in [0.3, 0.4) is 0 Å². The molecule has 2 fully saturated rings. The van der Waals surface area contributed by atoms with Crippen molar-refractivity contribution < 1.29 is 9.00 Å². The molecule has 0 bridgehead atoms. The van der Waals surface area contributed by atoms with Crippen molar-refractivity contribution in [1.82, 2.24) is 15.5 Å². The zero-order chi connectivity index (χ0) is 19.8. The largest absolute Gasteiger partial charge is 0.354 e. The Kier molecular flexibility index (Phi) is 9.06. The van der Waals surface area contributed by atoms with E-state index in [1.165, 1.54) is 19.3 Å². The SMILES string of the molecule is CCS(=O)C1CCCC(NC(=NCC(=O)N(C)C)NC2CCCCC2C)C1. The minimum Gasteiger partial charge on any atom is -0.354 e. The highest BCUT2D eigenvalue weighted by atomic mass is 32.2. The summed E-state index contributed by atoms with van der Waals surface area (Å²) in [5, 5.41) is 7.44. The third-order valence-electron chi connectivity index (χ3n) is 5.93. The molecule has 5 atom stereocenters. The van der Waals surface area contributed by atoms with Gasteiger partial charge < -0.3 is 15.5 Å². The van der Waals surface area contributed by atoms with Crippen LogP contribution in [0.2, 0.25) is 0 Å².